The summed E-state index contributed by atoms with van der Waals surface area (Å²) in [5.41, 5.74) is -0.451. The van der Waals surface area contributed by atoms with Gasteiger partial charge in [-0.3, -0.25) is 10.1 Å². The molecule has 2 unspecified atom stereocenters. The Kier molecular flexibility index (Phi) is 4.20. The molecule has 0 amide bonds. The molecule has 1 aliphatic carbocycles. The van der Waals surface area contributed by atoms with Crippen LogP contribution in [0, 0.1) is 15.5 Å². The number of hydrogen-bond acceptors (Lipinski definition) is 4. The molecule has 0 spiro atoms. The molecule has 0 radical (unpaired) electrons. The summed E-state index contributed by atoms with van der Waals surface area (Å²) in [4.78, 5) is 10.5. The predicted octanol–water partition coefficient (Wildman–Crippen LogP) is 3.57. The molecule has 6 heteroatoms. The SMILES string of the molecule is CCC1(CC)C(O)CC1Oc1ccc(Cl)cc1[N+](=O)[O-]. The van der Waals surface area contributed by atoms with E-state index < -0.39 is 11.0 Å². The third-order valence-corrected chi connectivity index (χ3v) is 4.68. The Balaban J connectivity index is 2.25. The van der Waals surface area contributed by atoms with E-state index >= 15 is 0 Å². The van der Waals surface area contributed by atoms with Gasteiger partial charge in [-0.1, -0.05) is 25.4 Å². The van der Waals surface area contributed by atoms with Crippen molar-refractivity contribution in [3.63, 3.8) is 0 Å². The molecular weight excluding hydrogens is 282 g/mol. The smallest absolute Gasteiger partial charge is 0.312 e. The Morgan fingerprint density at radius 1 is 1.50 bits per heavy atom. The number of hydrogen-bond donors (Lipinski definition) is 1. The highest BCUT2D eigenvalue weighted by Crippen LogP contribution is 2.49. The molecule has 110 valence electrons. The van der Waals surface area contributed by atoms with Gasteiger partial charge in [0.05, 0.1) is 11.0 Å². The lowest BCUT2D eigenvalue weighted by atomic mass is 9.60. The molecule has 20 heavy (non-hydrogen) atoms. The lowest BCUT2D eigenvalue weighted by Crippen LogP contribution is -2.59. The van der Waals surface area contributed by atoms with E-state index in [1.165, 1.54) is 12.1 Å². The summed E-state index contributed by atoms with van der Waals surface area (Å²) >= 11 is 5.78. The van der Waals surface area contributed by atoms with Gasteiger partial charge in [-0.15, -0.1) is 0 Å². The molecule has 1 aromatic carbocycles. The summed E-state index contributed by atoms with van der Waals surface area (Å²) in [7, 11) is 0. The summed E-state index contributed by atoms with van der Waals surface area (Å²) in [6.07, 6.45) is 1.44. The van der Waals surface area contributed by atoms with Crippen LogP contribution in [-0.2, 0) is 0 Å². The first kappa shape index (κ1) is 15.1. The van der Waals surface area contributed by atoms with Crippen LogP contribution in [0.5, 0.6) is 5.75 Å². The Labute approximate surface area is 122 Å². The predicted molar refractivity (Wildman–Crippen MR) is 76.2 cm³/mol. The molecular formula is C14H18ClNO4. The zero-order valence-electron chi connectivity index (χ0n) is 11.5. The minimum absolute atomic E-state index is 0.139. The van der Waals surface area contributed by atoms with Crippen molar-refractivity contribution in [1.29, 1.82) is 0 Å². The second kappa shape index (κ2) is 5.58. The number of aliphatic hydroxyl groups is 1. The lowest BCUT2D eigenvalue weighted by Gasteiger charge is -2.52. The zero-order valence-corrected chi connectivity index (χ0v) is 12.3. The average Bonchev–Trinajstić information content (AvgIpc) is 2.41. The van der Waals surface area contributed by atoms with Gasteiger partial charge >= 0.3 is 5.69 Å². The maximum atomic E-state index is 11.0. The van der Waals surface area contributed by atoms with E-state index in [9.17, 15) is 15.2 Å². The minimum Gasteiger partial charge on any atom is -0.483 e. The van der Waals surface area contributed by atoms with Gasteiger partial charge in [-0.05, 0) is 25.0 Å². The fourth-order valence-corrected chi connectivity index (χ4v) is 3.12. The molecule has 1 saturated carbocycles. The monoisotopic (exact) mass is 299 g/mol. The van der Waals surface area contributed by atoms with Crippen LogP contribution >= 0.6 is 11.6 Å². The van der Waals surface area contributed by atoms with Gasteiger partial charge in [-0.2, -0.15) is 0 Å². The Morgan fingerprint density at radius 2 is 2.15 bits per heavy atom. The number of nitrogens with zero attached hydrogens (tertiary/aromatic N) is 1. The highest BCUT2D eigenvalue weighted by Gasteiger charge is 2.54. The summed E-state index contributed by atoms with van der Waals surface area (Å²) < 4.78 is 5.81. The minimum atomic E-state index is -0.504. The third-order valence-electron chi connectivity index (χ3n) is 4.45. The molecule has 2 rings (SSSR count). The quantitative estimate of drug-likeness (QED) is 0.666. The first-order valence-corrected chi connectivity index (χ1v) is 7.11. The Bertz CT molecular complexity index is 516. The molecule has 1 aromatic rings. The zero-order chi connectivity index (χ0) is 14.9. The molecule has 0 bridgehead atoms. The van der Waals surface area contributed by atoms with Crippen molar-refractivity contribution in [3.8, 4) is 5.75 Å². The largest absolute Gasteiger partial charge is 0.483 e. The second-order valence-corrected chi connectivity index (χ2v) is 5.60. The van der Waals surface area contributed by atoms with Gasteiger partial charge in [-0.25, -0.2) is 0 Å². The summed E-state index contributed by atoms with van der Waals surface area (Å²) in [6, 6.07) is 4.37. The second-order valence-electron chi connectivity index (χ2n) is 5.17. The molecule has 0 aliphatic heterocycles. The summed E-state index contributed by atoms with van der Waals surface area (Å²) in [5.74, 6) is 0.211. The molecule has 2 atom stereocenters. The first-order chi connectivity index (χ1) is 9.44. The van der Waals surface area contributed by atoms with Gasteiger partial charge in [0.25, 0.3) is 0 Å². The van der Waals surface area contributed by atoms with Crippen LogP contribution in [0.15, 0.2) is 18.2 Å². The van der Waals surface area contributed by atoms with Crippen LogP contribution in [0.1, 0.15) is 33.1 Å². The van der Waals surface area contributed by atoms with Crippen molar-refractivity contribution in [3.05, 3.63) is 33.3 Å². The van der Waals surface area contributed by atoms with E-state index in [-0.39, 0.29) is 23.0 Å². The number of nitro groups is 1. The highest BCUT2D eigenvalue weighted by molar-refractivity contribution is 6.30. The Hall–Kier alpha value is -1.33. The standard InChI is InChI=1S/C14H18ClNO4/c1-3-14(4-2)12(17)8-13(14)20-11-6-5-9(15)7-10(11)16(18)19/h5-7,12-13,17H,3-4,8H2,1-2H3. The molecule has 1 aliphatic rings. The van der Waals surface area contributed by atoms with Gasteiger partial charge in [0.2, 0.25) is 0 Å². The number of halogens is 1. The fraction of sp³-hybridized carbons (Fsp3) is 0.571. The van der Waals surface area contributed by atoms with E-state index in [0.717, 1.165) is 12.8 Å². The molecule has 0 saturated heterocycles. The third kappa shape index (κ3) is 2.36. The van der Waals surface area contributed by atoms with Crippen LogP contribution in [-0.4, -0.2) is 22.2 Å². The van der Waals surface area contributed by atoms with Crippen LogP contribution in [0.2, 0.25) is 5.02 Å². The van der Waals surface area contributed by atoms with Crippen molar-refractivity contribution in [2.75, 3.05) is 0 Å². The van der Waals surface area contributed by atoms with E-state index in [0.29, 0.717) is 11.4 Å². The van der Waals surface area contributed by atoms with Crippen LogP contribution in [0.4, 0.5) is 5.69 Å². The maximum Gasteiger partial charge on any atom is 0.312 e. The number of ether oxygens (including phenoxy) is 1. The molecule has 1 N–H and O–H groups in total. The molecule has 1 fully saturated rings. The number of nitro benzene ring substituents is 1. The van der Waals surface area contributed by atoms with Crippen molar-refractivity contribution in [1.82, 2.24) is 0 Å². The lowest BCUT2D eigenvalue weighted by molar-refractivity contribution is -0.386. The number of aliphatic hydroxyl groups excluding tert-OH is 1. The molecule has 0 heterocycles. The number of rotatable bonds is 5. The fourth-order valence-electron chi connectivity index (χ4n) is 2.95. The van der Waals surface area contributed by atoms with E-state index in [1.54, 1.807) is 6.07 Å². The van der Waals surface area contributed by atoms with Crippen LogP contribution in [0.3, 0.4) is 0 Å². The van der Waals surface area contributed by atoms with Crippen molar-refractivity contribution in [2.24, 2.45) is 5.41 Å². The van der Waals surface area contributed by atoms with Gasteiger partial charge in [0, 0.05) is 22.9 Å². The molecule has 0 aromatic heterocycles. The molecule has 5 nitrogen and oxygen atoms in total. The van der Waals surface area contributed by atoms with Gasteiger partial charge in [0.1, 0.15) is 6.10 Å². The van der Waals surface area contributed by atoms with Crippen molar-refractivity contribution >= 4 is 17.3 Å². The maximum absolute atomic E-state index is 11.0. The van der Waals surface area contributed by atoms with Crippen LogP contribution < -0.4 is 4.74 Å². The van der Waals surface area contributed by atoms with E-state index in [1.807, 2.05) is 13.8 Å². The highest BCUT2D eigenvalue weighted by atomic mass is 35.5. The summed E-state index contributed by atoms with van der Waals surface area (Å²) in [5, 5.41) is 21.3. The van der Waals surface area contributed by atoms with Crippen molar-refractivity contribution < 1.29 is 14.8 Å². The number of benzene rings is 1. The Morgan fingerprint density at radius 3 is 2.65 bits per heavy atom. The summed E-state index contributed by atoms with van der Waals surface area (Å²) in [6.45, 7) is 4.00. The van der Waals surface area contributed by atoms with E-state index in [4.69, 9.17) is 16.3 Å². The van der Waals surface area contributed by atoms with Crippen molar-refractivity contribution in [2.45, 2.75) is 45.3 Å². The average molecular weight is 300 g/mol. The van der Waals surface area contributed by atoms with E-state index in [2.05, 4.69) is 0 Å². The van der Waals surface area contributed by atoms with Gasteiger partial charge in [0.15, 0.2) is 5.75 Å². The topological polar surface area (TPSA) is 72.6 Å². The normalized spacial score (nSPS) is 24.0. The van der Waals surface area contributed by atoms with Crippen LogP contribution in [0.25, 0.3) is 0 Å². The first-order valence-electron chi connectivity index (χ1n) is 6.73. The van der Waals surface area contributed by atoms with Gasteiger partial charge < -0.3 is 9.84 Å².